The summed E-state index contributed by atoms with van der Waals surface area (Å²) in [5, 5.41) is 2.99. The molecule has 0 fully saturated rings. The van der Waals surface area contributed by atoms with Gasteiger partial charge in [0.05, 0.1) is 24.3 Å². The molecule has 0 heterocycles. The standard InChI is InChI=1S/C33H43N3O6S/c1-7-25(5)34-33(38)31(8-2)35(22-26-11-10-12-29(21-26)41-6)32(37)23-36(27-15-17-28(18-16-27)42-9-3)43(39,40)30-19-13-24(4)14-20-30/h10-21,25,31H,7-9,22-23H2,1-6H3,(H,34,38)/t25-,31+/m1/s1. The van der Waals surface area contributed by atoms with Crippen LogP contribution >= 0.6 is 0 Å². The number of hydrogen-bond donors (Lipinski definition) is 1. The van der Waals surface area contributed by atoms with Crippen molar-refractivity contribution < 1.29 is 27.5 Å². The summed E-state index contributed by atoms with van der Waals surface area (Å²) < 4.78 is 40.1. The van der Waals surface area contributed by atoms with Crippen LogP contribution in [0.3, 0.4) is 0 Å². The second-order valence-electron chi connectivity index (χ2n) is 10.4. The number of sulfonamides is 1. The molecule has 0 aliphatic carbocycles. The summed E-state index contributed by atoms with van der Waals surface area (Å²) in [4.78, 5) is 29.2. The average Bonchev–Trinajstić information content (AvgIpc) is 3.00. The quantitative estimate of drug-likeness (QED) is 0.250. The van der Waals surface area contributed by atoms with E-state index in [-0.39, 0.29) is 23.4 Å². The first-order chi connectivity index (χ1) is 20.5. The number of nitrogens with one attached hydrogen (secondary N) is 1. The maximum atomic E-state index is 14.2. The van der Waals surface area contributed by atoms with Gasteiger partial charge >= 0.3 is 0 Å². The lowest BCUT2D eigenvalue weighted by molar-refractivity contribution is -0.140. The Bertz CT molecular complexity index is 1460. The molecule has 3 aromatic carbocycles. The maximum absolute atomic E-state index is 14.2. The topological polar surface area (TPSA) is 105 Å². The van der Waals surface area contributed by atoms with Crippen molar-refractivity contribution in [3.05, 3.63) is 83.9 Å². The minimum absolute atomic E-state index is 0.0562. The van der Waals surface area contributed by atoms with Gasteiger partial charge < -0.3 is 19.7 Å². The predicted molar refractivity (Wildman–Crippen MR) is 169 cm³/mol. The van der Waals surface area contributed by atoms with Crippen LogP contribution in [0.1, 0.15) is 51.7 Å². The minimum Gasteiger partial charge on any atom is -0.497 e. The SMILES string of the molecule is CCOc1ccc(N(CC(=O)N(Cc2cccc(OC)c2)[C@@H](CC)C(=O)N[C@H](C)CC)S(=O)(=O)c2ccc(C)cc2)cc1. The lowest BCUT2D eigenvalue weighted by Crippen LogP contribution is -2.53. The van der Waals surface area contributed by atoms with Crippen molar-refractivity contribution in [1.82, 2.24) is 10.2 Å². The Balaban J connectivity index is 2.07. The van der Waals surface area contributed by atoms with E-state index in [0.29, 0.717) is 30.2 Å². The summed E-state index contributed by atoms with van der Waals surface area (Å²) in [6, 6.07) is 19.4. The fraction of sp³-hybridized carbons (Fsp3) is 0.394. The van der Waals surface area contributed by atoms with Crippen LogP contribution in [0.5, 0.6) is 11.5 Å². The van der Waals surface area contributed by atoms with Crippen LogP contribution in [0.2, 0.25) is 0 Å². The van der Waals surface area contributed by atoms with E-state index >= 15 is 0 Å². The van der Waals surface area contributed by atoms with Gasteiger partial charge in [-0.05, 0) is 87.7 Å². The number of methoxy groups -OCH3 is 1. The van der Waals surface area contributed by atoms with Crippen molar-refractivity contribution in [3.63, 3.8) is 0 Å². The predicted octanol–water partition coefficient (Wildman–Crippen LogP) is 5.32. The number of benzene rings is 3. The van der Waals surface area contributed by atoms with Gasteiger partial charge in [-0.3, -0.25) is 13.9 Å². The Morgan fingerprint density at radius 1 is 0.907 bits per heavy atom. The molecule has 2 amide bonds. The van der Waals surface area contributed by atoms with Gasteiger partial charge in [-0.2, -0.15) is 0 Å². The highest BCUT2D eigenvalue weighted by molar-refractivity contribution is 7.92. The Morgan fingerprint density at radius 3 is 2.16 bits per heavy atom. The highest BCUT2D eigenvalue weighted by atomic mass is 32.2. The second-order valence-corrected chi connectivity index (χ2v) is 12.2. The maximum Gasteiger partial charge on any atom is 0.264 e. The van der Waals surface area contributed by atoms with Crippen molar-refractivity contribution in [2.24, 2.45) is 0 Å². The monoisotopic (exact) mass is 609 g/mol. The number of anilines is 1. The number of hydrogen-bond acceptors (Lipinski definition) is 6. The first kappa shape index (κ1) is 33.5. The molecular weight excluding hydrogens is 566 g/mol. The number of carbonyl (C=O) groups is 2. The van der Waals surface area contributed by atoms with E-state index in [4.69, 9.17) is 9.47 Å². The number of rotatable bonds is 15. The third-order valence-electron chi connectivity index (χ3n) is 7.20. The molecule has 0 bridgehead atoms. The molecule has 43 heavy (non-hydrogen) atoms. The highest BCUT2D eigenvalue weighted by Crippen LogP contribution is 2.27. The molecule has 2 atom stereocenters. The van der Waals surface area contributed by atoms with Crippen LogP contribution in [-0.4, -0.2) is 57.5 Å². The molecule has 232 valence electrons. The van der Waals surface area contributed by atoms with E-state index < -0.39 is 28.5 Å². The van der Waals surface area contributed by atoms with Crippen molar-refractivity contribution in [2.45, 2.75) is 71.0 Å². The first-order valence-electron chi connectivity index (χ1n) is 14.6. The number of carbonyl (C=O) groups excluding carboxylic acids is 2. The van der Waals surface area contributed by atoms with Gasteiger partial charge in [0.15, 0.2) is 0 Å². The Kier molecular flexibility index (Phi) is 12.0. The molecule has 0 spiro atoms. The zero-order valence-electron chi connectivity index (χ0n) is 25.9. The molecule has 0 unspecified atom stereocenters. The molecule has 0 aliphatic rings. The smallest absolute Gasteiger partial charge is 0.264 e. The number of amides is 2. The van der Waals surface area contributed by atoms with Crippen molar-refractivity contribution in [2.75, 3.05) is 24.6 Å². The fourth-order valence-corrected chi connectivity index (χ4v) is 5.98. The summed E-state index contributed by atoms with van der Waals surface area (Å²) in [5.41, 5.74) is 1.96. The van der Waals surface area contributed by atoms with Gasteiger partial charge in [-0.1, -0.05) is 43.7 Å². The lowest BCUT2D eigenvalue weighted by atomic mass is 10.1. The first-order valence-corrected chi connectivity index (χ1v) is 16.0. The van der Waals surface area contributed by atoms with E-state index in [1.807, 2.05) is 46.8 Å². The van der Waals surface area contributed by atoms with Crippen LogP contribution in [-0.2, 0) is 26.2 Å². The Labute approximate surface area is 255 Å². The van der Waals surface area contributed by atoms with E-state index in [1.165, 1.54) is 17.0 Å². The molecule has 0 aliphatic heterocycles. The van der Waals surface area contributed by atoms with Gasteiger partial charge in [0, 0.05) is 12.6 Å². The van der Waals surface area contributed by atoms with E-state index in [2.05, 4.69) is 5.32 Å². The minimum atomic E-state index is -4.16. The number of nitrogens with zero attached hydrogens (tertiary/aromatic N) is 2. The van der Waals surface area contributed by atoms with Crippen LogP contribution < -0.4 is 19.1 Å². The molecular formula is C33H43N3O6S. The molecule has 3 rings (SSSR count). The molecule has 0 radical (unpaired) electrons. The second kappa shape index (κ2) is 15.4. The van der Waals surface area contributed by atoms with Crippen LogP contribution in [0, 0.1) is 6.92 Å². The van der Waals surface area contributed by atoms with E-state index in [1.54, 1.807) is 55.6 Å². The number of ether oxygens (including phenoxy) is 2. The molecule has 3 aromatic rings. The fourth-order valence-electron chi connectivity index (χ4n) is 4.57. The summed E-state index contributed by atoms with van der Waals surface area (Å²) in [7, 11) is -2.60. The van der Waals surface area contributed by atoms with E-state index in [9.17, 15) is 18.0 Å². The van der Waals surface area contributed by atoms with Crippen molar-refractivity contribution in [3.8, 4) is 11.5 Å². The zero-order chi connectivity index (χ0) is 31.6. The summed E-state index contributed by atoms with van der Waals surface area (Å²) in [6.45, 7) is 9.47. The molecule has 0 aromatic heterocycles. The van der Waals surface area contributed by atoms with Gasteiger partial charge in [0.25, 0.3) is 10.0 Å². The molecule has 0 saturated heterocycles. The largest absolute Gasteiger partial charge is 0.497 e. The van der Waals surface area contributed by atoms with Gasteiger partial charge in [-0.15, -0.1) is 0 Å². The zero-order valence-corrected chi connectivity index (χ0v) is 26.7. The normalized spacial score (nSPS) is 12.6. The lowest BCUT2D eigenvalue weighted by Gasteiger charge is -2.33. The highest BCUT2D eigenvalue weighted by Gasteiger charge is 2.34. The molecule has 9 nitrogen and oxygen atoms in total. The van der Waals surface area contributed by atoms with Crippen molar-refractivity contribution in [1.29, 1.82) is 0 Å². The number of aryl methyl sites for hydroxylation is 1. The van der Waals surface area contributed by atoms with Crippen molar-refractivity contribution >= 4 is 27.5 Å². The molecule has 10 heteroatoms. The molecule has 0 saturated carbocycles. The van der Waals surface area contributed by atoms with Gasteiger partial charge in [0.1, 0.15) is 24.1 Å². The van der Waals surface area contributed by atoms with Gasteiger partial charge in [-0.25, -0.2) is 8.42 Å². The third kappa shape index (κ3) is 8.73. The van der Waals surface area contributed by atoms with Crippen LogP contribution in [0.4, 0.5) is 5.69 Å². The van der Waals surface area contributed by atoms with E-state index in [0.717, 1.165) is 21.9 Å². The Hall–Kier alpha value is -4.05. The summed E-state index contributed by atoms with van der Waals surface area (Å²) in [5.74, 6) is 0.387. The third-order valence-corrected chi connectivity index (χ3v) is 8.99. The van der Waals surface area contributed by atoms with Crippen LogP contribution in [0.25, 0.3) is 0 Å². The van der Waals surface area contributed by atoms with Gasteiger partial charge in [0.2, 0.25) is 11.8 Å². The summed E-state index contributed by atoms with van der Waals surface area (Å²) >= 11 is 0. The Morgan fingerprint density at radius 2 is 1.58 bits per heavy atom. The molecule has 1 N–H and O–H groups in total. The summed E-state index contributed by atoms with van der Waals surface area (Å²) in [6.07, 6.45) is 1.07. The van der Waals surface area contributed by atoms with Crippen LogP contribution in [0.15, 0.2) is 77.7 Å². The average molecular weight is 610 g/mol.